The molecule has 0 N–H and O–H groups in total. The van der Waals surface area contributed by atoms with Crippen LogP contribution >= 0.6 is 0 Å². The molecular formula is C19H34N2O3. The summed E-state index contributed by atoms with van der Waals surface area (Å²) in [6.07, 6.45) is 4.83. The third-order valence-corrected chi connectivity index (χ3v) is 3.22. The Labute approximate surface area is 146 Å². The Kier molecular flexibility index (Phi) is 10.2. The van der Waals surface area contributed by atoms with Gasteiger partial charge in [-0.15, -0.1) is 0 Å². The normalized spacial score (nSPS) is 12.1. The number of aromatic nitrogens is 2. The molecule has 1 atom stereocenters. The van der Waals surface area contributed by atoms with E-state index >= 15 is 0 Å². The number of rotatable bonds is 8. The molecular weight excluding hydrogens is 304 g/mol. The van der Waals surface area contributed by atoms with Crippen molar-refractivity contribution in [3.63, 3.8) is 0 Å². The van der Waals surface area contributed by atoms with Gasteiger partial charge in [-0.2, -0.15) is 4.98 Å². The Balaban J connectivity index is 0.00000254. The van der Waals surface area contributed by atoms with Crippen molar-refractivity contribution in [3.05, 3.63) is 23.9 Å². The second kappa shape index (κ2) is 11.0. The number of unbranched alkanes of at least 4 members (excludes halogenated alkanes) is 2. The molecule has 1 aromatic rings. The van der Waals surface area contributed by atoms with Gasteiger partial charge in [-0.25, -0.2) is 4.79 Å². The van der Waals surface area contributed by atoms with Crippen molar-refractivity contribution in [3.8, 4) is 0 Å². The van der Waals surface area contributed by atoms with Crippen molar-refractivity contribution >= 4 is 5.97 Å². The van der Waals surface area contributed by atoms with E-state index in [0.717, 1.165) is 12.8 Å². The highest BCUT2D eigenvalue weighted by Crippen LogP contribution is 2.20. The molecule has 0 aromatic carbocycles. The fourth-order valence-electron chi connectivity index (χ4n) is 1.97. The van der Waals surface area contributed by atoms with Crippen LogP contribution in [0.5, 0.6) is 0 Å². The van der Waals surface area contributed by atoms with E-state index in [9.17, 15) is 4.79 Å². The van der Waals surface area contributed by atoms with Gasteiger partial charge >= 0.3 is 5.97 Å². The summed E-state index contributed by atoms with van der Waals surface area (Å²) in [6.45, 7) is 17.5. The minimum Gasteiger partial charge on any atom is -0.457 e. The van der Waals surface area contributed by atoms with Gasteiger partial charge in [0.25, 0.3) is 0 Å². The van der Waals surface area contributed by atoms with E-state index in [0.29, 0.717) is 17.3 Å². The van der Waals surface area contributed by atoms with Crippen molar-refractivity contribution in [2.75, 3.05) is 0 Å². The van der Waals surface area contributed by atoms with Crippen molar-refractivity contribution < 1.29 is 14.1 Å². The number of carbonyl (C=O) groups excluding carboxylic acids is 1. The van der Waals surface area contributed by atoms with E-state index < -0.39 is 11.6 Å². The topological polar surface area (TPSA) is 65.2 Å². The summed E-state index contributed by atoms with van der Waals surface area (Å²) in [5, 5.41) is 4.00. The minimum atomic E-state index is -0.534. The predicted octanol–water partition coefficient (Wildman–Crippen LogP) is 5.22. The van der Waals surface area contributed by atoms with Crippen LogP contribution in [0.3, 0.4) is 0 Å². The maximum Gasteiger partial charge on any atom is 0.334 e. The van der Waals surface area contributed by atoms with Gasteiger partial charge in [-0.1, -0.05) is 58.7 Å². The molecule has 0 aliphatic rings. The number of ether oxygens (including phenoxy) is 1. The smallest absolute Gasteiger partial charge is 0.334 e. The van der Waals surface area contributed by atoms with Gasteiger partial charge in [0.05, 0.1) is 6.42 Å². The quantitative estimate of drug-likeness (QED) is 0.369. The number of esters is 1. The van der Waals surface area contributed by atoms with E-state index in [1.54, 1.807) is 0 Å². The summed E-state index contributed by atoms with van der Waals surface area (Å²) in [5.41, 5.74) is -0.211. The molecule has 0 saturated heterocycles. The zero-order valence-corrected chi connectivity index (χ0v) is 16.4. The van der Waals surface area contributed by atoms with Crippen LogP contribution in [0.4, 0.5) is 0 Å². The Bertz CT molecular complexity index is 501. The molecule has 0 aliphatic heterocycles. The van der Waals surface area contributed by atoms with Gasteiger partial charge in [0, 0.05) is 11.5 Å². The summed E-state index contributed by atoms with van der Waals surface area (Å²) in [7, 11) is 0. The summed E-state index contributed by atoms with van der Waals surface area (Å²) in [4.78, 5) is 16.2. The van der Waals surface area contributed by atoms with Crippen LogP contribution in [-0.4, -0.2) is 21.7 Å². The van der Waals surface area contributed by atoms with E-state index in [1.165, 1.54) is 12.8 Å². The van der Waals surface area contributed by atoms with Gasteiger partial charge in [0.15, 0.2) is 5.82 Å². The lowest BCUT2D eigenvalue weighted by molar-refractivity contribution is -0.150. The molecule has 5 nitrogen and oxygen atoms in total. The molecule has 0 radical (unpaired) electrons. The third kappa shape index (κ3) is 8.85. The van der Waals surface area contributed by atoms with Crippen molar-refractivity contribution in [1.29, 1.82) is 0 Å². The molecule has 0 bridgehead atoms. The molecule has 0 aliphatic carbocycles. The van der Waals surface area contributed by atoms with Crippen molar-refractivity contribution in [2.45, 2.75) is 92.1 Å². The molecule has 1 unspecified atom stereocenters. The summed E-state index contributed by atoms with van der Waals surface area (Å²) in [5.74, 6) is 0.943. The maximum absolute atomic E-state index is 11.9. The number of hydrogen-bond donors (Lipinski definition) is 0. The van der Waals surface area contributed by atoms with Gasteiger partial charge in [-0.3, -0.25) is 0 Å². The van der Waals surface area contributed by atoms with Gasteiger partial charge in [0.2, 0.25) is 5.89 Å². The first kappa shape index (κ1) is 22.4. The number of hydrogen-bond acceptors (Lipinski definition) is 5. The average Bonchev–Trinajstić information content (AvgIpc) is 2.96. The van der Waals surface area contributed by atoms with Gasteiger partial charge in [-0.05, 0) is 27.2 Å². The first-order valence-corrected chi connectivity index (χ1v) is 8.96. The Morgan fingerprint density at radius 3 is 2.46 bits per heavy atom. The molecule has 0 spiro atoms. The fraction of sp³-hybridized carbons (Fsp3) is 0.737. The van der Waals surface area contributed by atoms with Gasteiger partial charge < -0.3 is 9.26 Å². The predicted molar refractivity (Wildman–Crippen MR) is 96.9 cm³/mol. The average molecular weight is 338 g/mol. The van der Waals surface area contributed by atoms with E-state index in [1.807, 2.05) is 34.6 Å². The highest BCUT2D eigenvalue weighted by atomic mass is 16.6. The Hall–Kier alpha value is -1.65. The van der Waals surface area contributed by atoms with E-state index in [-0.39, 0.29) is 12.3 Å². The zero-order valence-electron chi connectivity index (χ0n) is 16.4. The molecule has 24 heavy (non-hydrogen) atoms. The molecule has 5 heteroatoms. The Morgan fingerprint density at radius 1 is 1.29 bits per heavy atom. The second-order valence-corrected chi connectivity index (χ2v) is 6.73. The minimum absolute atomic E-state index is 0.226. The van der Waals surface area contributed by atoms with Gasteiger partial charge in [0.1, 0.15) is 5.60 Å². The zero-order chi connectivity index (χ0) is 18.8. The number of carbonyl (C=O) groups is 1. The van der Waals surface area contributed by atoms with Crippen LogP contribution in [0.2, 0.25) is 0 Å². The highest BCUT2D eigenvalue weighted by Gasteiger charge is 2.21. The van der Waals surface area contributed by atoms with Crippen LogP contribution in [0.15, 0.2) is 16.7 Å². The van der Waals surface area contributed by atoms with Crippen LogP contribution in [0.25, 0.3) is 0 Å². The maximum atomic E-state index is 11.9. The van der Waals surface area contributed by atoms with E-state index in [2.05, 4.69) is 30.6 Å². The summed E-state index contributed by atoms with van der Waals surface area (Å²) in [6, 6.07) is 0. The molecule has 1 aromatic heterocycles. The van der Waals surface area contributed by atoms with E-state index in [4.69, 9.17) is 9.26 Å². The lowest BCUT2D eigenvalue weighted by atomic mass is 10.0. The third-order valence-electron chi connectivity index (χ3n) is 3.22. The summed E-state index contributed by atoms with van der Waals surface area (Å²) < 4.78 is 10.5. The SMILES string of the molecule is C=C(Cc1nc(C(C)CCCCC)no1)C(=O)OC(C)(C)C.CC. The highest BCUT2D eigenvalue weighted by molar-refractivity contribution is 5.88. The monoisotopic (exact) mass is 338 g/mol. The Morgan fingerprint density at radius 2 is 1.92 bits per heavy atom. The molecule has 0 saturated carbocycles. The lowest BCUT2D eigenvalue weighted by Crippen LogP contribution is -2.25. The fourth-order valence-corrected chi connectivity index (χ4v) is 1.97. The molecule has 1 heterocycles. The van der Waals surface area contributed by atoms with Crippen LogP contribution < -0.4 is 0 Å². The molecule has 1 rings (SSSR count). The lowest BCUT2D eigenvalue weighted by Gasteiger charge is -2.19. The standard InChI is InChI=1S/C17H28N2O3.C2H6/c1-7-8-9-10-12(2)15-18-14(22-19-15)11-13(3)16(20)21-17(4,5)6;1-2/h12H,3,7-11H2,1-2,4-6H3;1-2H3. The second-order valence-electron chi connectivity index (χ2n) is 6.73. The van der Waals surface area contributed by atoms with Crippen molar-refractivity contribution in [2.24, 2.45) is 0 Å². The first-order valence-electron chi connectivity index (χ1n) is 8.96. The van der Waals surface area contributed by atoms with Crippen LogP contribution in [0, 0.1) is 0 Å². The molecule has 0 amide bonds. The molecule has 0 fully saturated rings. The largest absolute Gasteiger partial charge is 0.457 e. The number of nitrogens with zero attached hydrogens (tertiary/aromatic N) is 2. The summed E-state index contributed by atoms with van der Waals surface area (Å²) >= 11 is 0. The van der Waals surface area contributed by atoms with Crippen molar-refractivity contribution in [1.82, 2.24) is 10.1 Å². The van der Waals surface area contributed by atoms with Crippen LogP contribution in [0.1, 0.15) is 91.8 Å². The molecule has 138 valence electrons. The first-order chi connectivity index (χ1) is 11.2. The van der Waals surface area contributed by atoms with Crippen LogP contribution in [-0.2, 0) is 16.0 Å².